The minimum atomic E-state index is -2.99. The predicted octanol–water partition coefficient (Wildman–Crippen LogP) is 2.48. The Bertz CT molecular complexity index is 363. The Morgan fingerprint density at radius 1 is 1.50 bits per heavy atom. The summed E-state index contributed by atoms with van der Waals surface area (Å²) in [6, 6.07) is 0. The van der Waals surface area contributed by atoms with Gasteiger partial charge in [-0.15, -0.1) is 0 Å². The maximum atomic E-state index is 12.0. The highest BCUT2D eigenvalue weighted by Crippen LogP contribution is 2.31. The van der Waals surface area contributed by atoms with Crippen LogP contribution in [0.25, 0.3) is 0 Å². The molecule has 3 heteroatoms. The number of allylic oxidation sites excluding steroid dienone is 3. The third kappa shape index (κ3) is 2.08. The summed E-state index contributed by atoms with van der Waals surface area (Å²) in [7, 11) is -2.99. The second kappa shape index (κ2) is 3.89. The quantitative estimate of drug-likeness (QED) is 0.723. The van der Waals surface area contributed by atoms with E-state index in [0.717, 1.165) is 5.57 Å². The minimum absolute atomic E-state index is 0.279. The molecule has 2 nitrogen and oxygen atoms in total. The van der Waals surface area contributed by atoms with E-state index in [-0.39, 0.29) is 5.75 Å². The van der Waals surface area contributed by atoms with E-state index in [2.05, 4.69) is 0 Å². The molecule has 0 saturated carbocycles. The van der Waals surface area contributed by atoms with Gasteiger partial charge in [0, 0.05) is 0 Å². The lowest BCUT2D eigenvalue weighted by molar-refractivity contribution is 0.557. The molecule has 0 heterocycles. The van der Waals surface area contributed by atoms with Gasteiger partial charge in [0.25, 0.3) is 0 Å². The summed E-state index contributed by atoms with van der Waals surface area (Å²) in [6.07, 6.45) is 6.96. The fourth-order valence-corrected chi connectivity index (χ4v) is 3.54. The van der Waals surface area contributed by atoms with E-state index in [1.807, 2.05) is 39.0 Å². The van der Waals surface area contributed by atoms with Gasteiger partial charge in [-0.3, -0.25) is 0 Å². The molecule has 0 fully saturated rings. The van der Waals surface area contributed by atoms with Crippen molar-refractivity contribution in [2.45, 2.75) is 38.4 Å². The number of hydrogen-bond donors (Lipinski definition) is 0. The van der Waals surface area contributed by atoms with Gasteiger partial charge < -0.3 is 0 Å². The molecule has 0 saturated heterocycles. The minimum Gasteiger partial charge on any atom is -0.228 e. The molecule has 0 aromatic heterocycles. The zero-order valence-electron chi connectivity index (χ0n) is 9.08. The summed E-state index contributed by atoms with van der Waals surface area (Å²) in [5.41, 5.74) is 1.13. The highest BCUT2D eigenvalue weighted by atomic mass is 32.2. The molecule has 1 aliphatic carbocycles. The molecule has 0 spiro atoms. The van der Waals surface area contributed by atoms with Crippen molar-refractivity contribution in [3.8, 4) is 0 Å². The molecule has 1 atom stereocenters. The topological polar surface area (TPSA) is 34.1 Å². The first-order valence-corrected chi connectivity index (χ1v) is 6.64. The average Bonchev–Trinajstić information content (AvgIpc) is 2.03. The Morgan fingerprint density at radius 3 is 2.64 bits per heavy atom. The summed E-state index contributed by atoms with van der Waals surface area (Å²) in [6.45, 7) is 5.68. The van der Waals surface area contributed by atoms with E-state index < -0.39 is 14.6 Å². The lowest BCUT2D eigenvalue weighted by Gasteiger charge is -2.28. The Balaban J connectivity index is 2.98. The Labute approximate surface area is 86.6 Å². The van der Waals surface area contributed by atoms with Crippen LogP contribution in [0.15, 0.2) is 23.8 Å². The zero-order chi connectivity index (χ0) is 10.8. The van der Waals surface area contributed by atoms with Crippen LogP contribution in [0, 0.1) is 0 Å². The van der Waals surface area contributed by atoms with Crippen LogP contribution >= 0.6 is 0 Å². The molecule has 0 amide bonds. The first kappa shape index (κ1) is 11.5. The van der Waals surface area contributed by atoms with E-state index in [1.54, 1.807) is 0 Å². The third-order valence-electron chi connectivity index (χ3n) is 2.64. The maximum Gasteiger partial charge on any atom is 0.159 e. The van der Waals surface area contributed by atoms with Crippen molar-refractivity contribution in [3.63, 3.8) is 0 Å². The van der Waals surface area contributed by atoms with Gasteiger partial charge in [0.2, 0.25) is 0 Å². The Hall–Kier alpha value is -0.570. The second-order valence-corrected chi connectivity index (χ2v) is 6.75. The smallest absolute Gasteiger partial charge is 0.159 e. The van der Waals surface area contributed by atoms with E-state index in [9.17, 15) is 8.42 Å². The van der Waals surface area contributed by atoms with Crippen LogP contribution in [0.4, 0.5) is 0 Å². The molecule has 1 unspecified atom stereocenters. The zero-order valence-corrected chi connectivity index (χ0v) is 9.89. The van der Waals surface area contributed by atoms with Crippen LogP contribution < -0.4 is 0 Å². The summed E-state index contributed by atoms with van der Waals surface area (Å²) in [5, 5.41) is 0. The predicted molar refractivity (Wildman–Crippen MR) is 60.0 cm³/mol. The van der Waals surface area contributed by atoms with Crippen molar-refractivity contribution < 1.29 is 8.42 Å². The lowest BCUT2D eigenvalue weighted by atomic mass is 9.96. The Morgan fingerprint density at radius 2 is 2.14 bits per heavy atom. The van der Waals surface area contributed by atoms with Crippen molar-refractivity contribution >= 4 is 9.84 Å². The van der Waals surface area contributed by atoms with E-state index in [1.165, 1.54) is 0 Å². The molecule has 0 N–H and O–H groups in total. The summed E-state index contributed by atoms with van der Waals surface area (Å²) >= 11 is 0. The van der Waals surface area contributed by atoms with E-state index in [0.29, 0.717) is 12.8 Å². The van der Waals surface area contributed by atoms with Crippen LogP contribution in [-0.2, 0) is 9.84 Å². The highest BCUT2D eigenvalue weighted by molar-refractivity contribution is 7.92. The van der Waals surface area contributed by atoms with Gasteiger partial charge in [-0.1, -0.05) is 30.7 Å². The molecule has 0 radical (unpaired) electrons. The number of sulfone groups is 1. The van der Waals surface area contributed by atoms with Crippen LogP contribution in [0.2, 0.25) is 0 Å². The van der Waals surface area contributed by atoms with Gasteiger partial charge in [0.05, 0.1) is 10.5 Å². The van der Waals surface area contributed by atoms with Crippen LogP contribution in [-0.4, -0.2) is 18.9 Å². The molecular formula is C11H18O2S. The summed E-state index contributed by atoms with van der Waals surface area (Å²) in [5.74, 6) is 0.279. The second-order valence-electron chi connectivity index (χ2n) is 4.18. The van der Waals surface area contributed by atoms with E-state index >= 15 is 0 Å². The van der Waals surface area contributed by atoms with Gasteiger partial charge in [-0.05, 0) is 26.7 Å². The first-order chi connectivity index (χ1) is 6.41. The van der Waals surface area contributed by atoms with Gasteiger partial charge in [0.1, 0.15) is 0 Å². The molecule has 0 aromatic rings. The van der Waals surface area contributed by atoms with Gasteiger partial charge in [-0.2, -0.15) is 0 Å². The fourth-order valence-electron chi connectivity index (χ4n) is 1.80. The molecular weight excluding hydrogens is 196 g/mol. The number of rotatable bonds is 3. The van der Waals surface area contributed by atoms with Gasteiger partial charge in [0.15, 0.2) is 9.84 Å². The molecule has 80 valence electrons. The normalized spacial score (nSPS) is 27.5. The van der Waals surface area contributed by atoms with Crippen LogP contribution in [0.1, 0.15) is 33.6 Å². The van der Waals surface area contributed by atoms with Crippen molar-refractivity contribution in [1.29, 1.82) is 0 Å². The van der Waals surface area contributed by atoms with Crippen LogP contribution in [0.5, 0.6) is 0 Å². The van der Waals surface area contributed by atoms with Crippen molar-refractivity contribution in [2.75, 3.05) is 5.75 Å². The van der Waals surface area contributed by atoms with Gasteiger partial charge >= 0.3 is 0 Å². The standard InChI is InChI=1S/C11H18O2S/c1-4-8-14(12,13)11(3)7-5-6-10(2)9-11/h5-7H,4,8-9H2,1-3H3. The fraction of sp³-hybridized carbons (Fsp3) is 0.636. The molecule has 1 rings (SSSR count). The molecule has 0 bridgehead atoms. The first-order valence-electron chi connectivity index (χ1n) is 4.98. The monoisotopic (exact) mass is 214 g/mol. The molecule has 0 aromatic carbocycles. The molecule has 1 aliphatic rings. The SMILES string of the molecule is CCCS(=O)(=O)C1(C)C=CC=C(C)C1. The van der Waals surface area contributed by atoms with Crippen molar-refractivity contribution in [2.24, 2.45) is 0 Å². The Kier molecular flexibility index (Phi) is 3.20. The summed E-state index contributed by atoms with van der Waals surface area (Å²) < 4.78 is 23.3. The van der Waals surface area contributed by atoms with Crippen LogP contribution in [0.3, 0.4) is 0 Å². The maximum absolute atomic E-state index is 12.0. The van der Waals surface area contributed by atoms with Crippen molar-refractivity contribution in [3.05, 3.63) is 23.8 Å². The lowest BCUT2D eigenvalue weighted by Crippen LogP contribution is -2.36. The molecule has 14 heavy (non-hydrogen) atoms. The highest BCUT2D eigenvalue weighted by Gasteiger charge is 2.36. The third-order valence-corrected chi connectivity index (χ3v) is 5.29. The average molecular weight is 214 g/mol. The van der Waals surface area contributed by atoms with Gasteiger partial charge in [-0.25, -0.2) is 8.42 Å². The number of hydrogen-bond acceptors (Lipinski definition) is 2. The molecule has 0 aliphatic heterocycles. The van der Waals surface area contributed by atoms with Crippen molar-refractivity contribution in [1.82, 2.24) is 0 Å². The largest absolute Gasteiger partial charge is 0.228 e. The summed E-state index contributed by atoms with van der Waals surface area (Å²) in [4.78, 5) is 0. The van der Waals surface area contributed by atoms with E-state index in [4.69, 9.17) is 0 Å².